The Morgan fingerprint density at radius 1 is 1.22 bits per heavy atom. The van der Waals surface area contributed by atoms with Gasteiger partial charge in [0.05, 0.1) is 5.56 Å². The van der Waals surface area contributed by atoms with E-state index in [0.29, 0.717) is 31.5 Å². The third-order valence-corrected chi connectivity index (χ3v) is 4.40. The van der Waals surface area contributed by atoms with Gasteiger partial charge in [0.25, 0.3) is 5.91 Å². The van der Waals surface area contributed by atoms with Crippen molar-refractivity contribution in [3.05, 3.63) is 34.9 Å². The fourth-order valence-corrected chi connectivity index (χ4v) is 2.68. The highest BCUT2D eigenvalue weighted by Crippen LogP contribution is 2.17. The van der Waals surface area contributed by atoms with E-state index in [1.165, 1.54) is 0 Å². The molecule has 0 aliphatic carbocycles. The number of hydrogen-bond acceptors (Lipinski definition) is 4. The zero-order valence-corrected chi connectivity index (χ0v) is 13.5. The summed E-state index contributed by atoms with van der Waals surface area (Å²) in [6, 6.07) is 5.39. The van der Waals surface area contributed by atoms with Crippen molar-refractivity contribution in [3.63, 3.8) is 0 Å². The lowest BCUT2D eigenvalue weighted by Gasteiger charge is -2.30. The third-order valence-electron chi connectivity index (χ3n) is 4.40. The molecule has 1 aromatic carbocycles. The molecule has 2 amide bonds. The molecular weight excluding hydrogens is 296 g/mol. The summed E-state index contributed by atoms with van der Waals surface area (Å²) in [4.78, 5) is 36.9. The average molecular weight is 318 g/mol. The van der Waals surface area contributed by atoms with E-state index in [9.17, 15) is 14.4 Å². The predicted octanol–water partition coefficient (Wildman–Crippen LogP) is 1.18. The van der Waals surface area contributed by atoms with E-state index < -0.39 is 5.97 Å². The van der Waals surface area contributed by atoms with Gasteiger partial charge in [-0.1, -0.05) is 12.1 Å². The number of carbonyl (C=O) groups excluding carboxylic acids is 3. The second kappa shape index (κ2) is 7.26. The van der Waals surface area contributed by atoms with Crippen LogP contribution < -0.4 is 5.73 Å². The zero-order valence-electron chi connectivity index (χ0n) is 13.5. The molecule has 1 aliphatic heterocycles. The Hall–Kier alpha value is -2.37. The molecule has 23 heavy (non-hydrogen) atoms. The molecule has 1 aromatic rings. The summed E-state index contributed by atoms with van der Waals surface area (Å²) in [5.41, 5.74) is 7.60. The van der Waals surface area contributed by atoms with Crippen LogP contribution in [0.25, 0.3) is 0 Å². The Morgan fingerprint density at radius 2 is 1.87 bits per heavy atom. The van der Waals surface area contributed by atoms with Gasteiger partial charge in [0, 0.05) is 19.0 Å². The van der Waals surface area contributed by atoms with E-state index in [4.69, 9.17) is 10.5 Å². The van der Waals surface area contributed by atoms with Crippen molar-refractivity contribution in [2.75, 3.05) is 19.7 Å². The SMILES string of the molecule is Cc1cccc(C(=O)OCC(=O)N2CCC(C(N)=O)CC2)c1C. The molecule has 2 N–H and O–H groups in total. The number of rotatable bonds is 4. The molecule has 1 saturated heterocycles. The summed E-state index contributed by atoms with van der Waals surface area (Å²) >= 11 is 0. The first kappa shape index (κ1) is 17.0. The van der Waals surface area contributed by atoms with Gasteiger partial charge in [0.1, 0.15) is 0 Å². The molecule has 1 heterocycles. The number of esters is 1. The standard InChI is InChI=1S/C17H22N2O4/c1-11-4-3-5-14(12(11)2)17(22)23-10-15(20)19-8-6-13(7-9-19)16(18)21/h3-5,13H,6-10H2,1-2H3,(H2,18,21). The fraction of sp³-hybridized carbons (Fsp3) is 0.471. The molecule has 2 rings (SSSR count). The highest BCUT2D eigenvalue weighted by molar-refractivity contribution is 5.93. The molecule has 6 heteroatoms. The lowest BCUT2D eigenvalue weighted by atomic mass is 9.96. The Balaban J connectivity index is 1.86. The number of piperidine rings is 1. The summed E-state index contributed by atoms with van der Waals surface area (Å²) < 4.78 is 5.13. The van der Waals surface area contributed by atoms with Crippen LogP contribution in [0.1, 0.15) is 34.3 Å². The van der Waals surface area contributed by atoms with Crippen molar-refractivity contribution in [2.24, 2.45) is 11.7 Å². The molecule has 0 radical (unpaired) electrons. The van der Waals surface area contributed by atoms with Gasteiger partial charge in [-0.3, -0.25) is 9.59 Å². The van der Waals surface area contributed by atoms with Crippen molar-refractivity contribution >= 4 is 17.8 Å². The van der Waals surface area contributed by atoms with Crippen molar-refractivity contribution in [2.45, 2.75) is 26.7 Å². The summed E-state index contributed by atoms with van der Waals surface area (Å²) in [5, 5.41) is 0. The Bertz CT molecular complexity index is 619. The van der Waals surface area contributed by atoms with E-state index >= 15 is 0 Å². The lowest BCUT2D eigenvalue weighted by molar-refractivity contribution is -0.137. The van der Waals surface area contributed by atoms with Crippen molar-refractivity contribution < 1.29 is 19.1 Å². The molecule has 124 valence electrons. The van der Waals surface area contributed by atoms with Crippen LogP contribution in [-0.2, 0) is 14.3 Å². The van der Waals surface area contributed by atoms with Gasteiger partial charge >= 0.3 is 5.97 Å². The number of aryl methyl sites for hydroxylation is 1. The molecule has 0 unspecified atom stereocenters. The topological polar surface area (TPSA) is 89.7 Å². The van der Waals surface area contributed by atoms with Crippen LogP contribution in [0.4, 0.5) is 0 Å². The van der Waals surface area contributed by atoms with Crippen LogP contribution in [0.2, 0.25) is 0 Å². The number of amides is 2. The maximum absolute atomic E-state index is 12.1. The number of benzene rings is 1. The average Bonchev–Trinajstić information content (AvgIpc) is 2.55. The van der Waals surface area contributed by atoms with Crippen molar-refractivity contribution in [3.8, 4) is 0 Å². The minimum atomic E-state index is -0.494. The van der Waals surface area contributed by atoms with Gasteiger partial charge in [-0.2, -0.15) is 0 Å². The molecule has 0 aromatic heterocycles. The Kier molecular flexibility index (Phi) is 5.36. The molecule has 1 aliphatic rings. The first-order valence-electron chi connectivity index (χ1n) is 7.70. The molecule has 0 atom stereocenters. The van der Waals surface area contributed by atoms with Crippen molar-refractivity contribution in [1.29, 1.82) is 0 Å². The minimum absolute atomic E-state index is 0.170. The van der Waals surface area contributed by atoms with Crippen LogP contribution in [-0.4, -0.2) is 42.4 Å². The van der Waals surface area contributed by atoms with Gasteiger partial charge in [-0.05, 0) is 43.9 Å². The van der Waals surface area contributed by atoms with Gasteiger partial charge in [0.15, 0.2) is 6.61 Å². The van der Waals surface area contributed by atoms with E-state index in [1.807, 2.05) is 19.9 Å². The van der Waals surface area contributed by atoms with Crippen molar-refractivity contribution in [1.82, 2.24) is 4.90 Å². The first-order valence-corrected chi connectivity index (χ1v) is 7.70. The number of likely N-dealkylation sites (tertiary alicyclic amines) is 1. The Morgan fingerprint density at radius 3 is 2.48 bits per heavy atom. The number of ether oxygens (including phenoxy) is 1. The van der Waals surface area contributed by atoms with E-state index in [2.05, 4.69) is 0 Å². The van der Waals surface area contributed by atoms with Crippen LogP contribution in [0, 0.1) is 19.8 Å². The maximum atomic E-state index is 12.1. The lowest BCUT2D eigenvalue weighted by Crippen LogP contribution is -2.43. The minimum Gasteiger partial charge on any atom is -0.452 e. The summed E-state index contributed by atoms with van der Waals surface area (Å²) in [7, 11) is 0. The van der Waals surface area contributed by atoms with E-state index in [1.54, 1.807) is 17.0 Å². The fourth-order valence-electron chi connectivity index (χ4n) is 2.68. The smallest absolute Gasteiger partial charge is 0.338 e. The van der Waals surface area contributed by atoms with E-state index in [0.717, 1.165) is 11.1 Å². The van der Waals surface area contributed by atoms with Gasteiger partial charge in [-0.15, -0.1) is 0 Å². The number of hydrogen-bond donors (Lipinski definition) is 1. The van der Waals surface area contributed by atoms with Crippen LogP contribution in [0.5, 0.6) is 0 Å². The molecule has 0 saturated carbocycles. The van der Waals surface area contributed by atoms with Crippen LogP contribution in [0.15, 0.2) is 18.2 Å². The largest absolute Gasteiger partial charge is 0.452 e. The normalized spacial score (nSPS) is 15.3. The number of carbonyl (C=O) groups is 3. The summed E-state index contributed by atoms with van der Waals surface area (Å²) in [5.74, 6) is -1.23. The highest BCUT2D eigenvalue weighted by Gasteiger charge is 2.26. The molecule has 0 spiro atoms. The number of nitrogens with two attached hydrogens (primary N) is 1. The molecule has 6 nitrogen and oxygen atoms in total. The van der Waals surface area contributed by atoms with Gasteiger partial charge in [-0.25, -0.2) is 4.79 Å². The second-order valence-electron chi connectivity index (χ2n) is 5.88. The number of primary amides is 1. The highest BCUT2D eigenvalue weighted by atomic mass is 16.5. The zero-order chi connectivity index (χ0) is 17.0. The van der Waals surface area contributed by atoms with Crippen LogP contribution in [0.3, 0.4) is 0 Å². The molecule has 1 fully saturated rings. The summed E-state index contributed by atoms with van der Waals surface area (Å²) in [6.07, 6.45) is 1.12. The predicted molar refractivity (Wildman–Crippen MR) is 84.7 cm³/mol. The maximum Gasteiger partial charge on any atom is 0.338 e. The van der Waals surface area contributed by atoms with Gasteiger partial charge in [0.2, 0.25) is 5.91 Å². The van der Waals surface area contributed by atoms with E-state index in [-0.39, 0.29) is 24.3 Å². The monoisotopic (exact) mass is 318 g/mol. The van der Waals surface area contributed by atoms with Crippen LogP contribution >= 0.6 is 0 Å². The quantitative estimate of drug-likeness (QED) is 0.844. The Labute approximate surface area is 135 Å². The second-order valence-corrected chi connectivity index (χ2v) is 5.88. The first-order chi connectivity index (χ1) is 10.9. The third kappa shape index (κ3) is 4.09. The molecular formula is C17H22N2O4. The molecule has 0 bridgehead atoms. The number of nitrogens with zero attached hydrogens (tertiary/aromatic N) is 1. The summed E-state index contributed by atoms with van der Waals surface area (Å²) in [6.45, 7) is 4.41. The van der Waals surface area contributed by atoms with Gasteiger partial charge < -0.3 is 15.4 Å².